The second kappa shape index (κ2) is 16.7. The Morgan fingerprint density at radius 1 is 1.19 bits per heavy atom. The number of rotatable bonds is 11. The molecule has 0 aliphatic carbocycles. The minimum absolute atomic E-state index is 0.138. The number of nitrogens with zero attached hydrogens (tertiary/aromatic N) is 1. The molecular formula is C21H31N3O7S. The lowest BCUT2D eigenvalue weighted by Gasteiger charge is -2.13. The van der Waals surface area contributed by atoms with Crippen LogP contribution in [0.3, 0.4) is 0 Å². The van der Waals surface area contributed by atoms with Gasteiger partial charge in [0, 0.05) is 43.6 Å². The van der Waals surface area contributed by atoms with E-state index in [0.717, 1.165) is 11.3 Å². The van der Waals surface area contributed by atoms with E-state index in [0.29, 0.717) is 53.7 Å². The third-order valence-electron chi connectivity index (χ3n) is 3.16. The zero-order valence-electron chi connectivity index (χ0n) is 18.6. The van der Waals surface area contributed by atoms with Crippen LogP contribution in [0.4, 0.5) is 0 Å². The van der Waals surface area contributed by atoms with Gasteiger partial charge in [-0.2, -0.15) is 0 Å². The summed E-state index contributed by atoms with van der Waals surface area (Å²) < 4.78 is 5.42. The molecule has 1 aromatic rings. The van der Waals surface area contributed by atoms with Crippen LogP contribution in [0.1, 0.15) is 43.8 Å². The summed E-state index contributed by atoms with van der Waals surface area (Å²) in [6.07, 6.45) is 2.60. The number of hydrogen-bond acceptors (Lipinski definition) is 8. The molecule has 1 rings (SSSR count). The van der Waals surface area contributed by atoms with Crippen LogP contribution in [0, 0.1) is 17.8 Å². The first kappa shape index (κ1) is 29.1. The van der Waals surface area contributed by atoms with Gasteiger partial charge >= 0.3 is 11.9 Å². The highest BCUT2D eigenvalue weighted by Crippen LogP contribution is 2.20. The Labute approximate surface area is 191 Å². The number of thiazole rings is 1. The maximum atomic E-state index is 12.0. The number of amides is 1. The van der Waals surface area contributed by atoms with Crippen LogP contribution >= 0.6 is 11.3 Å². The predicted molar refractivity (Wildman–Crippen MR) is 121 cm³/mol. The van der Waals surface area contributed by atoms with E-state index in [2.05, 4.69) is 27.5 Å². The van der Waals surface area contributed by atoms with Crippen molar-refractivity contribution in [2.24, 2.45) is 5.92 Å². The quantitative estimate of drug-likeness (QED) is 0.183. The van der Waals surface area contributed by atoms with E-state index in [4.69, 9.17) is 14.9 Å². The van der Waals surface area contributed by atoms with Gasteiger partial charge in [0.2, 0.25) is 0 Å². The average Bonchev–Trinajstić information content (AvgIpc) is 3.18. The van der Waals surface area contributed by atoms with Gasteiger partial charge in [0.1, 0.15) is 17.6 Å². The van der Waals surface area contributed by atoms with Crippen molar-refractivity contribution in [1.82, 2.24) is 15.6 Å². The number of aliphatic carboxylic acids is 2. The summed E-state index contributed by atoms with van der Waals surface area (Å²) in [5, 5.41) is 31.7. The maximum Gasteiger partial charge on any atom is 0.328 e. The van der Waals surface area contributed by atoms with Gasteiger partial charge in [-0.05, 0) is 0 Å². The molecule has 0 aromatic carbocycles. The van der Waals surface area contributed by atoms with Crippen molar-refractivity contribution < 1.29 is 34.4 Å². The molecule has 0 saturated heterocycles. The molecular weight excluding hydrogens is 438 g/mol. The summed E-state index contributed by atoms with van der Waals surface area (Å²) in [4.78, 5) is 35.6. The minimum Gasteiger partial charge on any atom is -0.478 e. The monoisotopic (exact) mass is 469 g/mol. The molecule has 1 aromatic heterocycles. The van der Waals surface area contributed by atoms with Crippen molar-refractivity contribution in [3.05, 3.63) is 23.2 Å². The normalized spacial score (nSPS) is 11.3. The summed E-state index contributed by atoms with van der Waals surface area (Å²) >= 11 is 1.16. The number of ether oxygens (including phenoxy) is 1. The smallest absolute Gasteiger partial charge is 0.328 e. The van der Waals surface area contributed by atoms with Gasteiger partial charge in [-0.25, -0.2) is 14.6 Å². The SMILES string of the molecule is CC(C)C#CCCNC(=O)c1cnc(OCC(O)CNC(C)C)s1.O=C(O)C=CC(=O)O. The third-order valence-corrected chi connectivity index (χ3v) is 4.07. The Balaban J connectivity index is 0.00000102. The average molecular weight is 470 g/mol. The molecule has 11 heteroatoms. The van der Waals surface area contributed by atoms with E-state index < -0.39 is 18.0 Å². The molecule has 1 atom stereocenters. The molecule has 0 spiro atoms. The highest BCUT2D eigenvalue weighted by atomic mass is 32.1. The van der Waals surface area contributed by atoms with Crippen molar-refractivity contribution in [1.29, 1.82) is 0 Å². The zero-order valence-corrected chi connectivity index (χ0v) is 19.4. The Kier molecular flexibility index (Phi) is 15.2. The molecule has 178 valence electrons. The van der Waals surface area contributed by atoms with Gasteiger partial charge in [-0.3, -0.25) is 4.79 Å². The van der Waals surface area contributed by atoms with Gasteiger partial charge in [0.05, 0.1) is 6.20 Å². The Morgan fingerprint density at radius 2 is 1.81 bits per heavy atom. The van der Waals surface area contributed by atoms with E-state index in [-0.39, 0.29) is 12.5 Å². The molecule has 0 aliphatic rings. The molecule has 0 saturated carbocycles. The topological polar surface area (TPSA) is 158 Å². The van der Waals surface area contributed by atoms with Crippen LogP contribution < -0.4 is 15.4 Å². The molecule has 0 fully saturated rings. The number of aliphatic hydroxyl groups is 1. The van der Waals surface area contributed by atoms with Crippen molar-refractivity contribution in [2.45, 2.75) is 46.3 Å². The summed E-state index contributed by atoms with van der Waals surface area (Å²) in [6.45, 7) is 9.17. The first-order valence-electron chi connectivity index (χ1n) is 9.91. The number of carbonyl (C=O) groups excluding carboxylic acids is 1. The summed E-state index contributed by atoms with van der Waals surface area (Å²) in [6, 6.07) is 0.306. The number of carboxylic acid groups (broad SMARTS) is 2. The fourth-order valence-corrected chi connectivity index (χ4v) is 2.46. The van der Waals surface area contributed by atoms with Crippen LogP contribution in [0.15, 0.2) is 18.3 Å². The molecule has 5 N–H and O–H groups in total. The highest BCUT2D eigenvalue weighted by molar-refractivity contribution is 7.15. The standard InChI is InChI=1S/C17H27N3O3S.C4H4O4/c1-12(2)7-5-6-8-18-16(22)15-10-20-17(24-15)23-11-14(21)9-19-13(3)4;5-3(6)1-2-4(7)8/h10,12-14,19,21H,6,8-9,11H2,1-4H3,(H,18,22);1-2H,(H,5,6)(H,7,8). The van der Waals surface area contributed by atoms with Crippen molar-refractivity contribution in [3.8, 4) is 17.0 Å². The summed E-state index contributed by atoms with van der Waals surface area (Å²) in [7, 11) is 0. The third kappa shape index (κ3) is 16.8. The number of nitrogens with one attached hydrogen (secondary N) is 2. The Hall–Kier alpha value is -2.94. The fraction of sp³-hybridized carbons (Fsp3) is 0.524. The van der Waals surface area contributed by atoms with Gasteiger partial charge < -0.3 is 30.7 Å². The first-order chi connectivity index (χ1) is 15.0. The highest BCUT2D eigenvalue weighted by Gasteiger charge is 2.12. The second-order valence-corrected chi connectivity index (χ2v) is 8.00. The lowest BCUT2D eigenvalue weighted by atomic mass is 10.2. The van der Waals surface area contributed by atoms with Crippen LogP contribution in [0.2, 0.25) is 0 Å². The van der Waals surface area contributed by atoms with Crippen LogP contribution in [-0.2, 0) is 9.59 Å². The largest absolute Gasteiger partial charge is 0.478 e. The lowest BCUT2D eigenvalue weighted by molar-refractivity contribution is -0.134. The van der Waals surface area contributed by atoms with Crippen LogP contribution in [0.25, 0.3) is 0 Å². The predicted octanol–water partition coefficient (Wildman–Crippen LogP) is 1.37. The molecule has 32 heavy (non-hydrogen) atoms. The number of carboxylic acids is 2. The second-order valence-electron chi connectivity index (χ2n) is 7.01. The lowest BCUT2D eigenvalue weighted by Crippen LogP contribution is -2.35. The number of hydrogen-bond donors (Lipinski definition) is 5. The number of aromatic nitrogens is 1. The van der Waals surface area contributed by atoms with E-state index in [1.54, 1.807) is 0 Å². The number of aliphatic hydroxyl groups excluding tert-OH is 1. The van der Waals surface area contributed by atoms with Gasteiger partial charge in [-0.15, -0.1) is 11.8 Å². The van der Waals surface area contributed by atoms with E-state index in [1.807, 2.05) is 27.7 Å². The van der Waals surface area contributed by atoms with E-state index in [9.17, 15) is 19.5 Å². The van der Waals surface area contributed by atoms with Gasteiger partial charge in [0.15, 0.2) is 0 Å². The number of carbonyl (C=O) groups is 3. The maximum absolute atomic E-state index is 12.0. The molecule has 0 aliphatic heterocycles. The molecule has 1 amide bonds. The summed E-state index contributed by atoms with van der Waals surface area (Å²) in [5.74, 6) is 3.70. The molecule has 1 unspecified atom stereocenters. The minimum atomic E-state index is -1.26. The Morgan fingerprint density at radius 3 is 2.34 bits per heavy atom. The molecule has 0 bridgehead atoms. The molecule has 0 radical (unpaired) electrons. The van der Waals surface area contributed by atoms with E-state index >= 15 is 0 Å². The zero-order chi connectivity index (χ0) is 24.5. The van der Waals surface area contributed by atoms with Gasteiger partial charge in [-0.1, -0.05) is 39.0 Å². The summed E-state index contributed by atoms with van der Waals surface area (Å²) in [5.41, 5.74) is 0. The van der Waals surface area contributed by atoms with E-state index in [1.165, 1.54) is 6.20 Å². The molecule has 1 heterocycles. The van der Waals surface area contributed by atoms with Gasteiger partial charge in [0.25, 0.3) is 11.1 Å². The fourth-order valence-electron chi connectivity index (χ4n) is 1.77. The van der Waals surface area contributed by atoms with Crippen molar-refractivity contribution in [3.63, 3.8) is 0 Å². The Bertz CT molecular complexity index is 794. The molecule has 10 nitrogen and oxygen atoms in total. The van der Waals surface area contributed by atoms with Crippen molar-refractivity contribution >= 4 is 29.2 Å². The first-order valence-corrected chi connectivity index (χ1v) is 10.7. The van der Waals surface area contributed by atoms with Crippen LogP contribution in [0.5, 0.6) is 5.19 Å². The van der Waals surface area contributed by atoms with Crippen LogP contribution in [-0.4, -0.2) is 70.0 Å². The van der Waals surface area contributed by atoms with Crippen molar-refractivity contribution in [2.75, 3.05) is 19.7 Å².